The number of aromatic nitrogens is 2. The summed E-state index contributed by atoms with van der Waals surface area (Å²) in [5, 5.41) is -0.0662. The van der Waals surface area contributed by atoms with E-state index in [1.807, 2.05) is 0 Å². The number of aryl methyl sites for hydroxylation is 1. The van der Waals surface area contributed by atoms with Gasteiger partial charge in [-0.3, -0.25) is 0 Å². The lowest BCUT2D eigenvalue weighted by Crippen LogP contribution is -2.04. The normalized spacial score (nSPS) is 11.6. The molecule has 0 radical (unpaired) electrons. The quantitative estimate of drug-likeness (QED) is 0.505. The molecule has 0 bridgehead atoms. The Balaban J connectivity index is 3.33. The van der Waals surface area contributed by atoms with Gasteiger partial charge in [-0.1, -0.05) is 11.6 Å². The van der Waals surface area contributed by atoms with Crippen LogP contribution in [0.2, 0.25) is 5.15 Å². The second kappa shape index (κ2) is 2.99. The molecule has 1 aromatic rings. The van der Waals surface area contributed by atoms with Gasteiger partial charge in [0.25, 0.3) is 0 Å². The molecule has 0 amide bonds. The zero-order valence-corrected chi connectivity index (χ0v) is 8.15. The van der Waals surface area contributed by atoms with Crippen LogP contribution in [0.15, 0.2) is 11.4 Å². The van der Waals surface area contributed by atoms with Crippen LogP contribution in [0.3, 0.4) is 0 Å². The minimum absolute atomic E-state index is 0.172. The van der Waals surface area contributed by atoms with E-state index in [0.29, 0.717) is 5.56 Å². The molecule has 0 saturated carbocycles. The van der Waals surface area contributed by atoms with Gasteiger partial charge in [0.15, 0.2) is 0 Å². The van der Waals surface area contributed by atoms with Gasteiger partial charge in [-0.05, 0) is 6.92 Å². The van der Waals surface area contributed by atoms with Crippen LogP contribution in [0, 0.1) is 6.92 Å². The summed E-state index contributed by atoms with van der Waals surface area (Å²) in [7, 11) is -3.35. The number of hydrogen-bond donors (Lipinski definition) is 0. The predicted octanol–water partition coefficient (Wildman–Crippen LogP) is 0.842. The monoisotopic (exact) mass is 206 g/mol. The maximum Gasteiger partial charge on any atom is 0.248 e. The molecule has 0 atom stereocenters. The van der Waals surface area contributed by atoms with E-state index in [4.69, 9.17) is 11.6 Å². The third kappa shape index (κ3) is 1.92. The Morgan fingerprint density at radius 1 is 1.50 bits per heavy atom. The first-order valence-electron chi connectivity index (χ1n) is 3.10. The Labute approximate surface area is 75.5 Å². The topological polar surface area (TPSA) is 59.9 Å². The standard InChI is InChI=1S/C6H7ClN2O2S/c1-4-3-8-6(9-5(4)7)12(2,10)11/h3H,1-2H3. The third-order valence-corrected chi connectivity index (χ3v) is 2.46. The first-order valence-corrected chi connectivity index (χ1v) is 5.37. The molecular weight excluding hydrogens is 200 g/mol. The minimum Gasteiger partial charge on any atom is -0.226 e. The second-order valence-electron chi connectivity index (χ2n) is 2.40. The van der Waals surface area contributed by atoms with Crippen molar-refractivity contribution in [2.75, 3.05) is 6.26 Å². The number of halogens is 1. The van der Waals surface area contributed by atoms with Gasteiger partial charge >= 0.3 is 0 Å². The second-order valence-corrected chi connectivity index (χ2v) is 4.67. The highest BCUT2D eigenvalue weighted by Crippen LogP contribution is 2.12. The summed E-state index contributed by atoms with van der Waals surface area (Å²) < 4.78 is 21.8. The maximum atomic E-state index is 10.9. The van der Waals surface area contributed by atoms with Gasteiger partial charge < -0.3 is 0 Å². The van der Waals surface area contributed by atoms with Crippen LogP contribution in [0.4, 0.5) is 0 Å². The molecule has 1 rings (SSSR count). The third-order valence-electron chi connectivity index (χ3n) is 1.22. The van der Waals surface area contributed by atoms with Crippen LogP contribution < -0.4 is 0 Å². The van der Waals surface area contributed by atoms with Crippen LogP contribution in [-0.2, 0) is 9.84 Å². The summed E-state index contributed by atoms with van der Waals surface area (Å²) in [4.78, 5) is 7.24. The summed E-state index contributed by atoms with van der Waals surface area (Å²) in [5.41, 5.74) is 0.657. The zero-order valence-electron chi connectivity index (χ0n) is 6.57. The van der Waals surface area contributed by atoms with E-state index < -0.39 is 9.84 Å². The van der Waals surface area contributed by atoms with Crippen molar-refractivity contribution < 1.29 is 8.42 Å². The van der Waals surface area contributed by atoms with Crippen LogP contribution in [0.1, 0.15) is 5.56 Å². The molecule has 4 nitrogen and oxygen atoms in total. The average molecular weight is 207 g/mol. The van der Waals surface area contributed by atoms with E-state index in [1.165, 1.54) is 6.20 Å². The Kier molecular flexibility index (Phi) is 2.34. The van der Waals surface area contributed by atoms with E-state index >= 15 is 0 Å². The summed E-state index contributed by atoms with van der Waals surface area (Å²) in [6, 6.07) is 0. The lowest BCUT2D eigenvalue weighted by atomic mass is 10.4. The molecule has 0 unspecified atom stereocenters. The molecule has 0 saturated heterocycles. The molecule has 0 spiro atoms. The van der Waals surface area contributed by atoms with Gasteiger partial charge in [-0.2, -0.15) is 0 Å². The predicted molar refractivity (Wildman–Crippen MR) is 44.9 cm³/mol. The van der Waals surface area contributed by atoms with Crippen molar-refractivity contribution in [3.05, 3.63) is 16.9 Å². The van der Waals surface area contributed by atoms with Crippen molar-refractivity contribution in [1.29, 1.82) is 0 Å². The van der Waals surface area contributed by atoms with Crippen LogP contribution in [-0.4, -0.2) is 24.6 Å². The highest BCUT2D eigenvalue weighted by Gasteiger charge is 2.11. The highest BCUT2D eigenvalue weighted by atomic mass is 35.5. The fourth-order valence-corrected chi connectivity index (χ4v) is 1.27. The largest absolute Gasteiger partial charge is 0.248 e. The smallest absolute Gasteiger partial charge is 0.226 e. The van der Waals surface area contributed by atoms with Gasteiger partial charge in [0, 0.05) is 18.0 Å². The van der Waals surface area contributed by atoms with Crippen LogP contribution in [0.25, 0.3) is 0 Å². The molecule has 1 heterocycles. The number of rotatable bonds is 1. The van der Waals surface area contributed by atoms with E-state index in [2.05, 4.69) is 9.97 Å². The van der Waals surface area contributed by atoms with Crippen molar-refractivity contribution >= 4 is 21.4 Å². The average Bonchev–Trinajstić information content (AvgIpc) is 1.92. The van der Waals surface area contributed by atoms with E-state index in [9.17, 15) is 8.42 Å². The zero-order chi connectivity index (χ0) is 9.35. The molecule has 0 aliphatic heterocycles. The first kappa shape index (κ1) is 9.41. The first-order chi connectivity index (χ1) is 5.41. The van der Waals surface area contributed by atoms with Crippen molar-refractivity contribution in [2.45, 2.75) is 12.1 Å². The maximum absolute atomic E-state index is 10.9. The summed E-state index contributed by atoms with van der Waals surface area (Å²) in [6.07, 6.45) is 2.42. The number of hydrogen-bond acceptors (Lipinski definition) is 4. The lowest BCUT2D eigenvalue weighted by molar-refractivity contribution is 0.592. The number of sulfone groups is 1. The minimum atomic E-state index is -3.35. The van der Waals surface area contributed by atoms with Gasteiger partial charge in [-0.25, -0.2) is 18.4 Å². The fourth-order valence-electron chi connectivity index (χ4n) is 0.585. The van der Waals surface area contributed by atoms with E-state index in [1.54, 1.807) is 6.92 Å². The van der Waals surface area contributed by atoms with Gasteiger partial charge in [0.1, 0.15) is 5.15 Å². The summed E-state index contributed by atoms with van der Waals surface area (Å²) in [6.45, 7) is 1.70. The molecule has 0 aromatic carbocycles. The van der Waals surface area contributed by atoms with Gasteiger partial charge in [0.05, 0.1) is 0 Å². The van der Waals surface area contributed by atoms with Crippen molar-refractivity contribution in [1.82, 2.24) is 9.97 Å². The van der Waals surface area contributed by atoms with Gasteiger partial charge in [-0.15, -0.1) is 0 Å². The molecule has 12 heavy (non-hydrogen) atoms. The molecule has 6 heteroatoms. The fraction of sp³-hybridized carbons (Fsp3) is 0.333. The Hall–Kier alpha value is -0.680. The van der Waals surface area contributed by atoms with E-state index in [-0.39, 0.29) is 10.3 Å². The summed E-state index contributed by atoms with van der Waals surface area (Å²) in [5.74, 6) is 0. The molecule has 0 aliphatic carbocycles. The van der Waals surface area contributed by atoms with Crippen LogP contribution >= 0.6 is 11.6 Å². The van der Waals surface area contributed by atoms with E-state index in [0.717, 1.165) is 6.26 Å². The van der Waals surface area contributed by atoms with Crippen molar-refractivity contribution in [3.8, 4) is 0 Å². The van der Waals surface area contributed by atoms with Crippen molar-refractivity contribution in [3.63, 3.8) is 0 Å². The molecule has 66 valence electrons. The Bertz CT molecular complexity index is 402. The number of nitrogens with zero attached hydrogens (tertiary/aromatic N) is 2. The SMILES string of the molecule is Cc1cnc(S(C)(=O)=O)nc1Cl. The molecule has 0 fully saturated rings. The Morgan fingerprint density at radius 3 is 2.50 bits per heavy atom. The Morgan fingerprint density at radius 2 is 2.08 bits per heavy atom. The molecule has 1 aromatic heterocycles. The molecular formula is C6H7ClN2O2S. The molecule has 0 N–H and O–H groups in total. The van der Waals surface area contributed by atoms with Gasteiger partial charge in [0.2, 0.25) is 15.0 Å². The highest BCUT2D eigenvalue weighted by molar-refractivity contribution is 7.90. The van der Waals surface area contributed by atoms with Crippen LogP contribution in [0.5, 0.6) is 0 Å². The lowest BCUT2D eigenvalue weighted by Gasteiger charge is -1.98. The molecule has 0 aliphatic rings. The summed E-state index contributed by atoms with van der Waals surface area (Å²) >= 11 is 5.60. The van der Waals surface area contributed by atoms with Crippen molar-refractivity contribution in [2.24, 2.45) is 0 Å².